The fourth-order valence-electron chi connectivity index (χ4n) is 1.76. The average Bonchev–Trinajstić information content (AvgIpc) is 2.34. The van der Waals surface area contributed by atoms with Crippen molar-refractivity contribution in [2.24, 2.45) is 0 Å². The quantitative estimate of drug-likeness (QED) is 0.857. The number of hydrogen-bond acceptors (Lipinski definition) is 3. The van der Waals surface area contributed by atoms with E-state index in [0.717, 1.165) is 12.1 Å². The van der Waals surface area contributed by atoms with Crippen LogP contribution in [0.1, 0.15) is 23.6 Å². The molecule has 0 aliphatic heterocycles. The Morgan fingerprint density at radius 1 is 1.39 bits per heavy atom. The third-order valence-corrected chi connectivity index (χ3v) is 2.70. The predicted octanol–water partition coefficient (Wildman–Crippen LogP) is 2.36. The van der Waals surface area contributed by atoms with Crippen LogP contribution in [-0.2, 0) is 6.18 Å². The smallest absolute Gasteiger partial charge is 0.416 e. The van der Waals surface area contributed by atoms with E-state index in [1.165, 1.54) is 13.2 Å². The third kappa shape index (κ3) is 3.36. The highest BCUT2D eigenvalue weighted by molar-refractivity contribution is 5.40. The average molecular weight is 263 g/mol. The molecule has 0 fully saturated rings. The zero-order chi connectivity index (χ0) is 13.8. The van der Waals surface area contributed by atoms with Gasteiger partial charge in [0.1, 0.15) is 5.75 Å². The number of aliphatic hydroxyl groups excluding tert-OH is 1. The number of aliphatic hydroxyl groups is 1. The van der Waals surface area contributed by atoms with Crippen LogP contribution >= 0.6 is 0 Å². The first kappa shape index (κ1) is 14.8. The summed E-state index contributed by atoms with van der Waals surface area (Å²) < 4.78 is 42.7. The van der Waals surface area contributed by atoms with Crippen LogP contribution in [0.15, 0.2) is 18.2 Å². The van der Waals surface area contributed by atoms with E-state index in [0.29, 0.717) is 12.0 Å². The number of methoxy groups -OCH3 is 1. The molecule has 1 unspecified atom stereocenters. The standard InChI is InChI=1S/C12H16F3NO2/c1-16-10(5-6-17)9-4-3-8(12(13,14)15)7-11(9)18-2/h3-4,7,10,16-17H,5-6H2,1-2H3. The van der Waals surface area contributed by atoms with Crippen molar-refractivity contribution < 1.29 is 23.0 Å². The van der Waals surface area contributed by atoms with Crippen LogP contribution in [0.3, 0.4) is 0 Å². The molecule has 1 aromatic rings. The van der Waals surface area contributed by atoms with Crippen molar-refractivity contribution in [2.75, 3.05) is 20.8 Å². The maximum atomic E-state index is 12.6. The van der Waals surface area contributed by atoms with Crippen molar-refractivity contribution in [1.82, 2.24) is 5.32 Å². The molecule has 102 valence electrons. The van der Waals surface area contributed by atoms with Crippen LogP contribution in [0.5, 0.6) is 5.75 Å². The number of ether oxygens (including phenoxy) is 1. The van der Waals surface area contributed by atoms with Crippen LogP contribution in [0, 0.1) is 0 Å². The summed E-state index contributed by atoms with van der Waals surface area (Å²) in [5.41, 5.74) is -0.149. The topological polar surface area (TPSA) is 41.5 Å². The minimum Gasteiger partial charge on any atom is -0.496 e. The van der Waals surface area contributed by atoms with Gasteiger partial charge in [0, 0.05) is 18.2 Å². The Kier molecular flexibility index (Phi) is 4.98. The normalized spacial score (nSPS) is 13.4. The molecule has 0 aromatic heterocycles. The van der Waals surface area contributed by atoms with Gasteiger partial charge in [0.05, 0.1) is 12.7 Å². The lowest BCUT2D eigenvalue weighted by molar-refractivity contribution is -0.137. The minimum atomic E-state index is -4.39. The van der Waals surface area contributed by atoms with Gasteiger partial charge in [-0.3, -0.25) is 0 Å². The lowest BCUT2D eigenvalue weighted by Crippen LogP contribution is -2.19. The largest absolute Gasteiger partial charge is 0.496 e. The molecule has 3 nitrogen and oxygen atoms in total. The second-order valence-electron chi connectivity index (χ2n) is 3.81. The Morgan fingerprint density at radius 3 is 2.50 bits per heavy atom. The summed E-state index contributed by atoms with van der Waals surface area (Å²) in [6.07, 6.45) is -3.99. The first-order valence-corrected chi connectivity index (χ1v) is 5.47. The maximum Gasteiger partial charge on any atom is 0.416 e. The molecule has 0 spiro atoms. The van der Waals surface area contributed by atoms with Gasteiger partial charge in [0.25, 0.3) is 0 Å². The first-order valence-electron chi connectivity index (χ1n) is 5.47. The van der Waals surface area contributed by atoms with Gasteiger partial charge in [-0.25, -0.2) is 0 Å². The van der Waals surface area contributed by atoms with Gasteiger partial charge in [-0.05, 0) is 25.6 Å². The highest BCUT2D eigenvalue weighted by atomic mass is 19.4. The fraction of sp³-hybridized carbons (Fsp3) is 0.500. The summed E-state index contributed by atoms with van der Waals surface area (Å²) in [6, 6.07) is 3.11. The highest BCUT2D eigenvalue weighted by Crippen LogP contribution is 2.35. The maximum absolute atomic E-state index is 12.6. The highest BCUT2D eigenvalue weighted by Gasteiger charge is 2.31. The molecule has 0 amide bonds. The molecule has 0 saturated heterocycles. The summed E-state index contributed by atoms with van der Waals surface area (Å²) in [6.45, 7) is -0.0598. The van der Waals surface area contributed by atoms with Gasteiger partial charge in [-0.15, -0.1) is 0 Å². The van der Waals surface area contributed by atoms with E-state index in [-0.39, 0.29) is 18.4 Å². The Hall–Kier alpha value is -1.27. The second kappa shape index (κ2) is 6.06. The lowest BCUT2D eigenvalue weighted by Gasteiger charge is -2.19. The Labute approximate surface area is 104 Å². The van der Waals surface area contributed by atoms with E-state index in [2.05, 4.69) is 5.32 Å². The van der Waals surface area contributed by atoms with Gasteiger partial charge in [-0.2, -0.15) is 13.2 Å². The van der Waals surface area contributed by atoms with E-state index >= 15 is 0 Å². The van der Waals surface area contributed by atoms with E-state index in [4.69, 9.17) is 9.84 Å². The van der Waals surface area contributed by atoms with Gasteiger partial charge < -0.3 is 15.2 Å². The molecule has 0 radical (unpaired) electrons. The van der Waals surface area contributed by atoms with E-state index < -0.39 is 11.7 Å². The van der Waals surface area contributed by atoms with Crippen molar-refractivity contribution in [3.8, 4) is 5.75 Å². The van der Waals surface area contributed by atoms with Crippen molar-refractivity contribution in [1.29, 1.82) is 0 Å². The summed E-state index contributed by atoms with van der Waals surface area (Å²) >= 11 is 0. The second-order valence-corrected chi connectivity index (χ2v) is 3.81. The predicted molar refractivity (Wildman–Crippen MR) is 61.5 cm³/mol. The SMILES string of the molecule is CNC(CCO)c1ccc(C(F)(F)F)cc1OC. The third-order valence-electron chi connectivity index (χ3n) is 2.70. The molecule has 1 rings (SSSR count). The summed E-state index contributed by atoms with van der Waals surface area (Å²) in [5.74, 6) is 0.164. The van der Waals surface area contributed by atoms with Crippen LogP contribution in [0.2, 0.25) is 0 Å². The van der Waals surface area contributed by atoms with Crippen LogP contribution in [0.4, 0.5) is 13.2 Å². The lowest BCUT2D eigenvalue weighted by atomic mass is 10.0. The molecule has 0 saturated carbocycles. The molecular formula is C12H16F3NO2. The van der Waals surface area contributed by atoms with Crippen molar-refractivity contribution >= 4 is 0 Å². The van der Waals surface area contributed by atoms with Gasteiger partial charge in [-0.1, -0.05) is 6.07 Å². The van der Waals surface area contributed by atoms with Gasteiger partial charge in [0.2, 0.25) is 0 Å². The first-order chi connectivity index (χ1) is 8.43. The number of halogens is 3. The van der Waals surface area contributed by atoms with Gasteiger partial charge >= 0.3 is 6.18 Å². The molecule has 2 N–H and O–H groups in total. The van der Waals surface area contributed by atoms with Crippen molar-refractivity contribution in [2.45, 2.75) is 18.6 Å². The zero-order valence-electron chi connectivity index (χ0n) is 10.2. The zero-order valence-corrected chi connectivity index (χ0v) is 10.2. The minimum absolute atomic E-state index is 0.0598. The molecule has 0 heterocycles. The molecule has 18 heavy (non-hydrogen) atoms. The van der Waals surface area contributed by atoms with E-state index in [9.17, 15) is 13.2 Å². The number of rotatable bonds is 5. The van der Waals surface area contributed by atoms with Crippen molar-refractivity contribution in [3.63, 3.8) is 0 Å². The number of hydrogen-bond donors (Lipinski definition) is 2. The summed E-state index contributed by atoms with van der Waals surface area (Å²) in [4.78, 5) is 0. The fourth-order valence-corrected chi connectivity index (χ4v) is 1.76. The Morgan fingerprint density at radius 2 is 2.06 bits per heavy atom. The number of nitrogens with one attached hydrogen (secondary N) is 1. The van der Waals surface area contributed by atoms with Gasteiger partial charge in [0.15, 0.2) is 0 Å². The molecule has 1 atom stereocenters. The Balaban J connectivity index is 3.14. The summed E-state index contributed by atoms with van der Waals surface area (Å²) in [7, 11) is 3.00. The molecule has 0 aliphatic rings. The molecular weight excluding hydrogens is 247 g/mol. The molecule has 0 bridgehead atoms. The van der Waals surface area contributed by atoms with Crippen LogP contribution in [-0.4, -0.2) is 25.9 Å². The number of alkyl halides is 3. The number of benzene rings is 1. The monoisotopic (exact) mass is 263 g/mol. The molecule has 6 heteroatoms. The molecule has 0 aliphatic carbocycles. The Bertz CT molecular complexity index is 393. The summed E-state index contributed by atoms with van der Waals surface area (Å²) in [5, 5.41) is 11.8. The van der Waals surface area contributed by atoms with Crippen LogP contribution < -0.4 is 10.1 Å². The van der Waals surface area contributed by atoms with Crippen LogP contribution in [0.25, 0.3) is 0 Å². The van der Waals surface area contributed by atoms with Crippen molar-refractivity contribution in [3.05, 3.63) is 29.3 Å². The molecule has 1 aromatic carbocycles. The van der Waals surface area contributed by atoms with E-state index in [1.807, 2.05) is 0 Å². The van der Waals surface area contributed by atoms with E-state index in [1.54, 1.807) is 7.05 Å².